The fourth-order valence-corrected chi connectivity index (χ4v) is 2.12. The normalized spacial score (nSPS) is 10.3. The number of benzene rings is 1. The highest BCUT2D eigenvalue weighted by Crippen LogP contribution is 2.30. The van der Waals surface area contributed by atoms with E-state index in [-0.39, 0.29) is 10.7 Å². The number of hydrogen-bond donors (Lipinski definition) is 1. The molecule has 0 fully saturated rings. The summed E-state index contributed by atoms with van der Waals surface area (Å²) in [7, 11) is 0. The molecule has 0 saturated carbocycles. The molecular weight excluding hydrogens is 278 g/mol. The Balaban J connectivity index is 2.21. The van der Waals surface area contributed by atoms with Crippen LogP contribution in [0.5, 0.6) is 0 Å². The Morgan fingerprint density at radius 2 is 2.10 bits per heavy atom. The van der Waals surface area contributed by atoms with Crippen molar-refractivity contribution in [2.24, 2.45) is 0 Å². The number of nitro benzene ring substituents is 1. The molecule has 0 unspecified atom stereocenters. The molecule has 0 atom stereocenters. The predicted molar refractivity (Wildman–Crippen MR) is 79.1 cm³/mol. The molecule has 20 heavy (non-hydrogen) atoms. The SMILES string of the molecule is Cc1cnccc1CNc1cc(Cl)c([N+](=O)[O-])cc1C. The van der Waals surface area contributed by atoms with E-state index < -0.39 is 4.92 Å². The molecule has 1 aromatic carbocycles. The quantitative estimate of drug-likeness (QED) is 0.686. The van der Waals surface area contributed by atoms with Crippen LogP contribution in [0.3, 0.4) is 0 Å². The van der Waals surface area contributed by atoms with Gasteiger partial charge in [0.25, 0.3) is 5.69 Å². The molecule has 1 aromatic heterocycles. The molecule has 0 aliphatic heterocycles. The zero-order valence-electron chi connectivity index (χ0n) is 11.2. The lowest BCUT2D eigenvalue weighted by atomic mass is 10.1. The van der Waals surface area contributed by atoms with Crippen LogP contribution in [0.15, 0.2) is 30.6 Å². The standard InChI is InChI=1S/C14H14ClN3O2/c1-9-5-14(18(19)20)12(15)6-13(9)17-8-11-3-4-16-7-10(11)2/h3-7,17H,8H2,1-2H3. The zero-order valence-corrected chi connectivity index (χ0v) is 11.9. The Morgan fingerprint density at radius 1 is 1.35 bits per heavy atom. The van der Waals surface area contributed by atoms with Crippen molar-refractivity contribution in [1.82, 2.24) is 4.98 Å². The van der Waals surface area contributed by atoms with Gasteiger partial charge in [-0.05, 0) is 42.7 Å². The topological polar surface area (TPSA) is 68.1 Å². The van der Waals surface area contributed by atoms with Crippen molar-refractivity contribution in [2.45, 2.75) is 20.4 Å². The van der Waals surface area contributed by atoms with Gasteiger partial charge in [0.05, 0.1) is 4.92 Å². The largest absolute Gasteiger partial charge is 0.381 e. The summed E-state index contributed by atoms with van der Waals surface area (Å²) >= 11 is 5.92. The first kappa shape index (κ1) is 14.3. The fraction of sp³-hybridized carbons (Fsp3) is 0.214. The Hall–Kier alpha value is -2.14. The highest BCUT2D eigenvalue weighted by atomic mass is 35.5. The highest BCUT2D eigenvalue weighted by molar-refractivity contribution is 6.33. The lowest BCUT2D eigenvalue weighted by molar-refractivity contribution is -0.384. The van der Waals surface area contributed by atoms with E-state index in [9.17, 15) is 10.1 Å². The van der Waals surface area contributed by atoms with Gasteiger partial charge in [0.2, 0.25) is 0 Å². The number of halogens is 1. The molecule has 0 saturated heterocycles. The maximum absolute atomic E-state index is 10.8. The molecule has 2 aromatic rings. The lowest BCUT2D eigenvalue weighted by Gasteiger charge is -2.11. The maximum atomic E-state index is 10.8. The number of hydrogen-bond acceptors (Lipinski definition) is 4. The van der Waals surface area contributed by atoms with E-state index in [0.29, 0.717) is 6.54 Å². The van der Waals surface area contributed by atoms with E-state index in [1.165, 1.54) is 6.07 Å². The van der Waals surface area contributed by atoms with Gasteiger partial charge in [-0.2, -0.15) is 0 Å². The van der Waals surface area contributed by atoms with Crippen LogP contribution in [0.25, 0.3) is 0 Å². The number of rotatable bonds is 4. The highest BCUT2D eigenvalue weighted by Gasteiger charge is 2.14. The Labute approximate surface area is 121 Å². The van der Waals surface area contributed by atoms with Gasteiger partial charge in [-0.25, -0.2) is 0 Å². The third-order valence-corrected chi connectivity index (χ3v) is 3.40. The van der Waals surface area contributed by atoms with E-state index in [0.717, 1.165) is 22.4 Å². The third-order valence-electron chi connectivity index (χ3n) is 3.10. The Kier molecular flexibility index (Phi) is 4.20. The van der Waals surface area contributed by atoms with Crippen molar-refractivity contribution in [1.29, 1.82) is 0 Å². The van der Waals surface area contributed by atoms with E-state index in [2.05, 4.69) is 10.3 Å². The van der Waals surface area contributed by atoms with Crippen LogP contribution < -0.4 is 5.32 Å². The van der Waals surface area contributed by atoms with Gasteiger partial charge in [0.1, 0.15) is 5.02 Å². The van der Waals surface area contributed by atoms with Crippen LogP contribution in [0.2, 0.25) is 5.02 Å². The van der Waals surface area contributed by atoms with Gasteiger partial charge >= 0.3 is 0 Å². The summed E-state index contributed by atoms with van der Waals surface area (Å²) in [5, 5.41) is 14.2. The van der Waals surface area contributed by atoms with Crippen molar-refractivity contribution < 1.29 is 4.92 Å². The summed E-state index contributed by atoms with van der Waals surface area (Å²) in [6.07, 6.45) is 3.53. The number of aromatic nitrogens is 1. The molecular formula is C14H14ClN3O2. The van der Waals surface area contributed by atoms with Crippen LogP contribution >= 0.6 is 11.6 Å². The van der Waals surface area contributed by atoms with Gasteiger partial charge in [0.15, 0.2) is 0 Å². The molecule has 2 rings (SSSR count). The molecule has 104 valence electrons. The van der Waals surface area contributed by atoms with Crippen LogP contribution in [0.4, 0.5) is 11.4 Å². The summed E-state index contributed by atoms with van der Waals surface area (Å²) in [6.45, 7) is 4.41. The summed E-state index contributed by atoms with van der Waals surface area (Å²) in [5.74, 6) is 0. The monoisotopic (exact) mass is 291 g/mol. The Morgan fingerprint density at radius 3 is 2.75 bits per heavy atom. The second kappa shape index (κ2) is 5.88. The molecule has 0 spiro atoms. The minimum Gasteiger partial charge on any atom is -0.381 e. The summed E-state index contributed by atoms with van der Waals surface area (Å²) < 4.78 is 0. The Bertz CT molecular complexity index is 659. The second-order valence-corrected chi connectivity index (χ2v) is 4.94. The van der Waals surface area contributed by atoms with Gasteiger partial charge in [0, 0.05) is 30.7 Å². The summed E-state index contributed by atoms with van der Waals surface area (Å²) in [6, 6.07) is 5.00. The minimum atomic E-state index is -0.480. The second-order valence-electron chi connectivity index (χ2n) is 4.53. The van der Waals surface area contributed by atoms with Crippen molar-refractivity contribution >= 4 is 23.0 Å². The van der Waals surface area contributed by atoms with Crippen molar-refractivity contribution in [3.63, 3.8) is 0 Å². The van der Waals surface area contributed by atoms with E-state index in [1.807, 2.05) is 19.9 Å². The third kappa shape index (κ3) is 3.05. The maximum Gasteiger partial charge on any atom is 0.288 e. The van der Waals surface area contributed by atoms with Gasteiger partial charge in [-0.15, -0.1) is 0 Å². The average Bonchev–Trinajstić information content (AvgIpc) is 2.40. The van der Waals surface area contributed by atoms with E-state index in [4.69, 9.17) is 11.6 Å². The zero-order chi connectivity index (χ0) is 14.7. The van der Waals surface area contributed by atoms with Crippen LogP contribution in [0.1, 0.15) is 16.7 Å². The number of pyridine rings is 1. The van der Waals surface area contributed by atoms with Crippen molar-refractivity contribution in [2.75, 3.05) is 5.32 Å². The molecule has 1 N–H and O–H groups in total. The smallest absolute Gasteiger partial charge is 0.288 e. The van der Waals surface area contributed by atoms with Gasteiger partial charge in [-0.3, -0.25) is 15.1 Å². The molecule has 1 heterocycles. The first-order valence-electron chi connectivity index (χ1n) is 6.07. The summed E-state index contributed by atoms with van der Waals surface area (Å²) in [5.41, 5.74) is 3.71. The van der Waals surface area contributed by atoms with Crippen LogP contribution in [-0.2, 0) is 6.54 Å². The molecule has 0 aliphatic rings. The first-order valence-corrected chi connectivity index (χ1v) is 6.44. The number of nitrogens with zero attached hydrogens (tertiary/aromatic N) is 2. The lowest BCUT2D eigenvalue weighted by Crippen LogP contribution is -2.03. The van der Waals surface area contributed by atoms with E-state index in [1.54, 1.807) is 18.5 Å². The average molecular weight is 292 g/mol. The van der Waals surface area contributed by atoms with E-state index >= 15 is 0 Å². The van der Waals surface area contributed by atoms with Gasteiger partial charge < -0.3 is 5.32 Å². The van der Waals surface area contributed by atoms with Crippen molar-refractivity contribution in [3.8, 4) is 0 Å². The molecule has 0 amide bonds. The number of nitrogens with one attached hydrogen (secondary N) is 1. The molecule has 0 radical (unpaired) electrons. The minimum absolute atomic E-state index is 0.0743. The molecule has 5 nitrogen and oxygen atoms in total. The van der Waals surface area contributed by atoms with Crippen molar-refractivity contribution in [3.05, 3.63) is 62.4 Å². The van der Waals surface area contributed by atoms with Crippen LogP contribution in [-0.4, -0.2) is 9.91 Å². The first-order chi connectivity index (χ1) is 9.49. The number of aryl methyl sites for hydroxylation is 2. The molecule has 0 bridgehead atoms. The molecule has 0 aliphatic carbocycles. The summed E-state index contributed by atoms with van der Waals surface area (Å²) in [4.78, 5) is 14.4. The van der Waals surface area contributed by atoms with Crippen LogP contribution in [0, 0.1) is 24.0 Å². The van der Waals surface area contributed by atoms with Gasteiger partial charge in [-0.1, -0.05) is 11.6 Å². The fourth-order valence-electron chi connectivity index (χ4n) is 1.89. The molecule has 6 heteroatoms. The number of anilines is 1. The predicted octanol–water partition coefficient (Wildman–Crippen LogP) is 3.87. The number of nitro groups is 1.